The Bertz CT molecular complexity index is 799. The maximum absolute atomic E-state index is 5.96. The summed E-state index contributed by atoms with van der Waals surface area (Å²) in [6.07, 6.45) is 6.37. The Balaban J connectivity index is 1.69. The second kappa shape index (κ2) is 5.57. The fraction of sp³-hybridized carbons (Fsp3) is 0.412. The molecule has 0 radical (unpaired) electrons. The summed E-state index contributed by atoms with van der Waals surface area (Å²) in [4.78, 5) is 8.77. The number of ether oxygens (including phenoxy) is 1. The van der Waals surface area contributed by atoms with E-state index in [1.807, 2.05) is 24.3 Å². The lowest BCUT2D eigenvalue weighted by molar-refractivity contribution is 0.0669. The first kappa shape index (κ1) is 13.5. The van der Waals surface area contributed by atoms with Crippen LogP contribution in [0.5, 0.6) is 0 Å². The van der Waals surface area contributed by atoms with Crippen molar-refractivity contribution in [3.05, 3.63) is 30.6 Å². The molecule has 2 aromatic heterocycles. The van der Waals surface area contributed by atoms with E-state index in [0.29, 0.717) is 12.1 Å². The van der Waals surface area contributed by atoms with Crippen molar-refractivity contribution in [2.24, 2.45) is 0 Å². The summed E-state index contributed by atoms with van der Waals surface area (Å²) in [5, 5.41) is 4.55. The van der Waals surface area contributed by atoms with Crippen LogP contribution in [0.2, 0.25) is 0 Å². The van der Waals surface area contributed by atoms with Gasteiger partial charge in [-0.1, -0.05) is 12.1 Å². The Hall–Kier alpha value is -2.14. The van der Waals surface area contributed by atoms with Gasteiger partial charge in [0.15, 0.2) is 11.4 Å². The molecule has 3 aromatic rings. The van der Waals surface area contributed by atoms with E-state index in [0.717, 1.165) is 47.1 Å². The maximum Gasteiger partial charge on any atom is 0.196 e. The van der Waals surface area contributed by atoms with E-state index in [9.17, 15) is 0 Å². The molecule has 0 amide bonds. The van der Waals surface area contributed by atoms with Crippen LogP contribution >= 0.6 is 0 Å². The Kier molecular flexibility index (Phi) is 3.42. The first-order valence-electron chi connectivity index (χ1n) is 7.76. The zero-order chi connectivity index (χ0) is 14.9. The normalized spacial score (nSPS) is 22.2. The number of anilines is 1. The number of para-hydroxylation sites is 1. The highest BCUT2D eigenvalue weighted by molar-refractivity contribution is 6.05. The molecule has 5 heteroatoms. The fourth-order valence-electron chi connectivity index (χ4n) is 3.31. The summed E-state index contributed by atoms with van der Waals surface area (Å²) in [7, 11) is 1.79. The summed E-state index contributed by atoms with van der Waals surface area (Å²) in [5.74, 6) is 0.781. The number of methoxy groups -OCH3 is 1. The number of aromatic nitrogens is 2. The molecule has 114 valence electrons. The third-order valence-corrected chi connectivity index (χ3v) is 4.46. The topological polar surface area (TPSA) is 60.2 Å². The lowest BCUT2D eigenvalue weighted by atomic mass is 9.93. The Morgan fingerprint density at radius 1 is 1.23 bits per heavy atom. The smallest absolute Gasteiger partial charge is 0.196 e. The van der Waals surface area contributed by atoms with Crippen molar-refractivity contribution in [3.8, 4) is 0 Å². The summed E-state index contributed by atoms with van der Waals surface area (Å²) >= 11 is 0. The molecule has 1 aliphatic rings. The van der Waals surface area contributed by atoms with Gasteiger partial charge in [0.05, 0.1) is 6.10 Å². The molecule has 0 saturated heterocycles. The van der Waals surface area contributed by atoms with Gasteiger partial charge >= 0.3 is 0 Å². The van der Waals surface area contributed by atoms with E-state index >= 15 is 0 Å². The SMILES string of the molecule is COC1CCCC(Nc2ncnc3c2oc2ccccc23)C1. The Labute approximate surface area is 128 Å². The highest BCUT2D eigenvalue weighted by atomic mass is 16.5. The van der Waals surface area contributed by atoms with Crippen molar-refractivity contribution >= 4 is 27.9 Å². The van der Waals surface area contributed by atoms with Gasteiger partial charge in [-0.05, 0) is 37.8 Å². The minimum absolute atomic E-state index is 0.333. The molecule has 5 nitrogen and oxygen atoms in total. The Morgan fingerprint density at radius 3 is 3.05 bits per heavy atom. The second-order valence-electron chi connectivity index (χ2n) is 5.86. The molecule has 2 unspecified atom stereocenters. The van der Waals surface area contributed by atoms with Crippen LogP contribution in [0.1, 0.15) is 25.7 Å². The summed E-state index contributed by atoms with van der Waals surface area (Å²) in [5.41, 5.74) is 2.45. The molecule has 2 heterocycles. The van der Waals surface area contributed by atoms with Crippen LogP contribution in [0.3, 0.4) is 0 Å². The van der Waals surface area contributed by atoms with E-state index in [4.69, 9.17) is 9.15 Å². The highest BCUT2D eigenvalue weighted by Gasteiger charge is 2.23. The maximum atomic E-state index is 5.96. The third kappa shape index (κ3) is 2.31. The van der Waals surface area contributed by atoms with Crippen LogP contribution < -0.4 is 5.32 Å². The average Bonchev–Trinajstić information content (AvgIpc) is 2.95. The van der Waals surface area contributed by atoms with Crippen molar-refractivity contribution in [2.75, 3.05) is 12.4 Å². The van der Waals surface area contributed by atoms with Crippen LogP contribution in [0.25, 0.3) is 22.1 Å². The van der Waals surface area contributed by atoms with Crippen LogP contribution in [0.4, 0.5) is 5.82 Å². The molecule has 4 rings (SSSR count). The number of hydrogen-bond acceptors (Lipinski definition) is 5. The highest BCUT2D eigenvalue weighted by Crippen LogP contribution is 2.32. The van der Waals surface area contributed by atoms with Gasteiger partial charge in [-0.15, -0.1) is 0 Å². The zero-order valence-corrected chi connectivity index (χ0v) is 12.6. The molecular formula is C17H19N3O2. The number of rotatable bonds is 3. The van der Waals surface area contributed by atoms with Gasteiger partial charge < -0.3 is 14.5 Å². The lowest BCUT2D eigenvalue weighted by Gasteiger charge is -2.29. The number of furan rings is 1. The van der Waals surface area contributed by atoms with Gasteiger partial charge in [-0.3, -0.25) is 0 Å². The summed E-state index contributed by atoms with van der Waals surface area (Å²) in [6, 6.07) is 8.32. The number of nitrogens with one attached hydrogen (secondary N) is 1. The molecule has 0 spiro atoms. The van der Waals surface area contributed by atoms with Gasteiger partial charge in [-0.2, -0.15) is 0 Å². The van der Waals surface area contributed by atoms with Crippen LogP contribution in [-0.2, 0) is 4.74 Å². The molecule has 22 heavy (non-hydrogen) atoms. The molecule has 1 fully saturated rings. The van der Waals surface area contributed by atoms with Gasteiger partial charge in [0.2, 0.25) is 0 Å². The van der Waals surface area contributed by atoms with Gasteiger partial charge in [0.25, 0.3) is 0 Å². The molecule has 0 bridgehead atoms. The van der Waals surface area contributed by atoms with Crippen LogP contribution in [0, 0.1) is 0 Å². The number of nitrogens with zero attached hydrogens (tertiary/aromatic N) is 2. The van der Waals surface area contributed by atoms with E-state index in [1.165, 1.54) is 6.42 Å². The molecule has 1 aliphatic carbocycles. The predicted octanol–water partition coefficient (Wildman–Crippen LogP) is 3.75. The summed E-state index contributed by atoms with van der Waals surface area (Å²) < 4.78 is 11.5. The monoisotopic (exact) mass is 297 g/mol. The van der Waals surface area contributed by atoms with E-state index in [2.05, 4.69) is 15.3 Å². The number of hydrogen-bond donors (Lipinski definition) is 1. The molecule has 1 aromatic carbocycles. The molecule has 1 saturated carbocycles. The van der Waals surface area contributed by atoms with E-state index < -0.39 is 0 Å². The summed E-state index contributed by atoms with van der Waals surface area (Å²) in [6.45, 7) is 0. The predicted molar refractivity (Wildman–Crippen MR) is 86.0 cm³/mol. The fourth-order valence-corrected chi connectivity index (χ4v) is 3.31. The van der Waals surface area contributed by atoms with Crippen molar-refractivity contribution < 1.29 is 9.15 Å². The average molecular weight is 297 g/mol. The minimum atomic E-state index is 0.333. The Morgan fingerprint density at radius 2 is 2.14 bits per heavy atom. The molecule has 2 atom stereocenters. The van der Waals surface area contributed by atoms with E-state index in [-0.39, 0.29) is 0 Å². The van der Waals surface area contributed by atoms with E-state index in [1.54, 1.807) is 13.4 Å². The standard InChI is InChI=1S/C17H19N3O2/c1-21-12-6-4-5-11(9-12)20-17-16-15(18-10-19-17)13-7-2-3-8-14(13)22-16/h2-3,7-8,10-12H,4-6,9H2,1H3,(H,18,19,20). The number of fused-ring (bicyclic) bond motifs is 3. The molecular weight excluding hydrogens is 278 g/mol. The zero-order valence-electron chi connectivity index (χ0n) is 12.6. The number of benzene rings is 1. The second-order valence-corrected chi connectivity index (χ2v) is 5.86. The van der Waals surface area contributed by atoms with Gasteiger partial charge in [-0.25, -0.2) is 9.97 Å². The van der Waals surface area contributed by atoms with Crippen LogP contribution in [0.15, 0.2) is 35.0 Å². The van der Waals surface area contributed by atoms with Gasteiger partial charge in [0, 0.05) is 18.5 Å². The quantitative estimate of drug-likeness (QED) is 0.798. The minimum Gasteiger partial charge on any atom is -0.450 e. The van der Waals surface area contributed by atoms with Gasteiger partial charge in [0.1, 0.15) is 17.4 Å². The van der Waals surface area contributed by atoms with Crippen molar-refractivity contribution in [1.29, 1.82) is 0 Å². The van der Waals surface area contributed by atoms with Crippen molar-refractivity contribution in [3.63, 3.8) is 0 Å². The molecule has 0 aliphatic heterocycles. The van der Waals surface area contributed by atoms with Crippen molar-refractivity contribution in [2.45, 2.75) is 37.8 Å². The van der Waals surface area contributed by atoms with Crippen molar-refractivity contribution in [1.82, 2.24) is 9.97 Å². The first-order chi connectivity index (χ1) is 10.8. The largest absolute Gasteiger partial charge is 0.450 e. The lowest BCUT2D eigenvalue weighted by Crippen LogP contribution is -2.31. The third-order valence-electron chi connectivity index (χ3n) is 4.46. The molecule has 1 N–H and O–H groups in total. The van der Waals surface area contributed by atoms with Crippen LogP contribution in [-0.4, -0.2) is 29.2 Å². The first-order valence-corrected chi connectivity index (χ1v) is 7.76.